The number of aromatic hydroxyl groups is 1. The van der Waals surface area contributed by atoms with Gasteiger partial charge in [-0.25, -0.2) is 14.3 Å². The largest absolute Gasteiger partial charge is 0.493 e. The smallest absolute Gasteiger partial charge is 0.331 e. The zero-order valence-corrected chi connectivity index (χ0v) is 19.8. The molecule has 0 saturated heterocycles. The summed E-state index contributed by atoms with van der Waals surface area (Å²) < 4.78 is 7.41. The SMILES string of the molecule is C[C@H](N)C(=O)OCn1c(O)c(C=c2cnn3c(=NC4CC4)cc(Nc4ccncc4Cl)nc23)[nH]c1=O. The number of fused-ring (bicyclic) bond motifs is 1. The minimum absolute atomic E-state index is 0.0877. The number of nitrogens with one attached hydrogen (secondary N) is 2. The first-order chi connectivity index (χ1) is 17.3. The van der Waals surface area contributed by atoms with E-state index in [-0.39, 0.29) is 11.7 Å². The van der Waals surface area contributed by atoms with Crippen LogP contribution in [0, 0.1) is 0 Å². The highest BCUT2D eigenvalue weighted by atomic mass is 35.5. The molecule has 1 saturated carbocycles. The number of carbonyl (C=O) groups excluding carboxylic acids is 1. The van der Waals surface area contributed by atoms with Crippen LogP contribution in [0.1, 0.15) is 25.5 Å². The van der Waals surface area contributed by atoms with Gasteiger partial charge in [-0.3, -0.25) is 14.8 Å². The number of pyridine rings is 1. The number of esters is 1. The molecule has 1 aliphatic rings. The van der Waals surface area contributed by atoms with Crippen LogP contribution in [0.2, 0.25) is 5.02 Å². The first-order valence-corrected chi connectivity index (χ1v) is 11.4. The molecule has 4 aromatic rings. The maximum Gasteiger partial charge on any atom is 0.331 e. The summed E-state index contributed by atoms with van der Waals surface area (Å²) in [6.45, 7) is 0.961. The van der Waals surface area contributed by atoms with Crippen molar-refractivity contribution < 1.29 is 14.6 Å². The molecule has 4 aromatic heterocycles. The van der Waals surface area contributed by atoms with Gasteiger partial charge in [-0.1, -0.05) is 11.6 Å². The fourth-order valence-electron chi connectivity index (χ4n) is 3.34. The quantitative estimate of drug-likeness (QED) is 0.252. The number of anilines is 2. The van der Waals surface area contributed by atoms with Crippen LogP contribution in [0.5, 0.6) is 5.88 Å². The average Bonchev–Trinajstić information content (AvgIpc) is 3.51. The van der Waals surface area contributed by atoms with E-state index >= 15 is 0 Å². The fourth-order valence-corrected chi connectivity index (χ4v) is 3.51. The number of aromatic nitrogens is 6. The standard InChI is InChI=1S/C22H22ClN9O4/c1-11(24)21(34)36-10-31-20(33)16(29-22(31)35)6-12-8-26-32-18(27-13-2-3-13)7-17(30-19(12)32)28-15-4-5-25-9-14(15)23/h4-9,11,13,33H,2-3,10,24H2,1H3,(H,25,28)(H,29,35)/t11-/m0/s1. The van der Waals surface area contributed by atoms with Crippen LogP contribution in [0.3, 0.4) is 0 Å². The highest BCUT2D eigenvalue weighted by molar-refractivity contribution is 6.33. The van der Waals surface area contributed by atoms with E-state index in [1.807, 2.05) is 0 Å². The lowest BCUT2D eigenvalue weighted by Gasteiger charge is -2.08. The first kappa shape index (κ1) is 23.5. The Kier molecular flexibility index (Phi) is 6.16. The lowest BCUT2D eigenvalue weighted by molar-refractivity contribution is -0.148. The third-order valence-electron chi connectivity index (χ3n) is 5.37. The molecule has 1 fully saturated rings. The highest BCUT2D eigenvalue weighted by Crippen LogP contribution is 2.24. The van der Waals surface area contributed by atoms with E-state index in [1.165, 1.54) is 19.2 Å². The number of rotatable bonds is 7. The van der Waals surface area contributed by atoms with Crippen molar-refractivity contribution >= 4 is 40.8 Å². The second-order valence-corrected chi connectivity index (χ2v) is 8.70. The Hall–Kier alpha value is -4.23. The second-order valence-electron chi connectivity index (χ2n) is 8.30. The molecule has 13 nitrogen and oxygen atoms in total. The van der Waals surface area contributed by atoms with Crippen LogP contribution < -0.4 is 27.4 Å². The number of ether oxygens (including phenoxy) is 1. The number of nitrogens with zero attached hydrogens (tertiary/aromatic N) is 6. The summed E-state index contributed by atoms with van der Waals surface area (Å²) in [7, 11) is 0. The van der Waals surface area contributed by atoms with Crippen molar-refractivity contribution in [1.82, 2.24) is 29.1 Å². The van der Waals surface area contributed by atoms with Crippen molar-refractivity contribution in [1.29, 1.82) is 0 Å². The molecule has 1 aliphatic carbocycles. The molecule has 14 heteroatoms. The zero-order valence-electron chi connectivity index (χ0n) is 19.1. The Morgan fingerprint density at radius 3 is 3.00 bits per heavy atom. The third kappa shape index (κ3) is 4.78. The molecule has 0 radical (unpaired) electrons. The van der Waals surface area contributed by atoms with Crippen LogP contribution in [0.25, 0.3) is 11.7 Å². The van der Waals surface area contributed by atoms with E-state index in [9.17, 15) is 14.7 Å². The topological polar surface area (TPSA) is 178 Å². The Balaban J connectivity index is 1.57. The minimum atomic E-state index is -0.863. The normalized spacial score (nSPS) is 15.4. The van der Waals surface area contributed by atoms with Gasteiger partial charge in [0.25, 0.3) is 0 Å². The van der Waals surface area contributed by atoms with Gasteiger partial charge in [-0.15, -0.1) is 0 Å². The van der Waals surface area contributed by atoms with Crippen molar-refractivity contribution in [2.75, 3.05) is 5.32 Å². The number of hydrogen-bond acceptors (Lipinski definition) is 10. The zero-order chi connectivity index (χ0) is 25.4. The third-order valence-corrected chi connectivity index (χ3v) is 5.67. The molecular weight excluding hydrogens is 490 g/mol. The summed E-state index contributed by atoms with van der Waals surface area (Å²) >= 11 is 6.24. The van der Waals surface area contributed by atoms with Gasteiger partial charge < -0.3 is 25.9 Å². The van der Waals surface area contributed by atoms with Gasteiger partial charge in [-0.05, 0) is 31.9 Å². The molecule has 1 atom stereocenters. The number of H-pyrrole nitrogens is 1. The number of halogens is 1. The van der Waals surface area contributed by atoms with Gasteiger partial charge in [0.05, 0.1) is 22.9 Å². The van der Waals surface area contributed by atoms with E-state index < -0.39 is 30.3 Å². The van der Waals surface area contributed by atoms with Crippen LogP contribution >= 0.6 is 11.6 Å². The second kappa shape index (κ2) is 9.43. The van der Waals surface area contributed by atoms with Crippen LogP contribution in [-0.2, 0) is 16.3 Å². The lowest BCUT2D eigenvalue weighted by atomic mass is 10.3. The summed E-state index contributed by atoms with van der Waals surface area (Å²) in [6.07, 6.45) is 8.18. The average molecular weight is 512 g/mol. The monoisotopic (exact) mass is 511 g/mol. The van der Waals surface area contributed by atoms with E-state index in [1.54, 1.807) is 29.0 Å². The number of carbonyl (C=O) groups is 1. The van der Waals surface area contributed by atoms with Gasteiger partial charge in [0.2, 0.25) is 5.88 Å². The summed E-state index contributed by atoms with van der Waals surface area (Å²) in [5.41, 5.74) is 6.52. The van der Waals surface area contributed by atoms with Crippen molar-refractivity contribution in [3.63, 3.8) is 0 Å². The lowest BCUT2D eigenvalue weighted by Crippen LogP contribution is -2.30. The fraction of sp³-hybridized carbons (Fsp3) is 0.273. The number of imidazole rings is 1. The van der Waals surface area contributed by atoms with Gasteiger partial charge in [0, 0.05) is 23.7 Å². The maximum atomic E-state index is 12.3. The number of nitrogens with two attached hydrogens (primary N) is 1. The van der Waals surface area contributed by atoms with Crippen molar-refractivity contribution in [3.05, 3.63) is 62.6 Å². The molecule has 5 N–H and O–H groups in total. The molecule has 186 valence electrons. The van der Waals surface area contributed by atoms with Gasteiger partial charge in [-0.2, -0.15) is 9.61 Å². The van der Waals surface area contributed by atoms with Gasteiger partial charge >= 0.3 is 11.7 Å². The Bertz CT molecular complexity index is 1640. The molecule has 0 unspecified atom stereocenters. The summed E-state index contributed by atoms with van der Waals surface area (Å²) in [6, 6.07) is 2.84. The van der Waals surface area contributed by atoms with Gasteiger partial charge in [0.15, 0.2) is 17.9 Å². The first-order valence-electron chi connectivity index (χ1n) is 11.0. The predicted octanol–water partition coefficient (Wildman–Crippen LogP) is 0.175. The predicted molar refractivity (Wildman–Crippen MR) is 129 cm³/mol. The van der Waals surface area contributed by atoms with Crippen LogP contribution in [0.15, 0.2) is 40.5 Å². The molecule has 0 bridgehead atoms. The number of hydrogen-bond donors (Lipinski definition) is 4. The summed E-state index contributed by atoms with van der Waals surface area (Å²) in [5, 5.41) is 19.1. The Morgan fingerprint density at radius 1 is 1.47 bits per heavy atom. The number of aromatic amines is 1. The molecule has 0 amide bonds. The van der Waals surface area contributed by atoms with Crippen LogP contribution in [-0.4, -0.2) is 52.3 Å². The Morgan fingerprint density at radius 2 is 2.28 bits per heavy atom. The molecule has 0 aromatic carbocycles. The van der Waals surface area contributed by atoms with Gasteiger partial charge in [0.1, 0.15) is 17.6 Å². The van der Waals surface area contributed by atoms with E-state index in [2.05, 4.69) is 25.4 Å². The maximum absolute atomic E-state index is 12.3. The summed E-state index contributed by atoms with van der Waals surface area (Å²) in [4.78, 5) is 39.9. The van der Waals surface area contributed by atoms with Crippen LogP contribution in [0.4, 0.5) is 11.5 Å². The summed E-state index contributed by atoms with van der Waals surface area (Å²) in [5.74, 6) is -0.651. The van der Waals surface area contributed by atoms with E-state index in [4.69, 9.17) is 27.1 Å². The molecule has 0 spiro atoms. The van der Waals surface area contributed by atoms with E-state index in [0.717, 1.165) is 17.4 Å². The minimum Gasteiger partial charge on any atom is -0.493 e. The molecule has 0 aliphatic heterocycles. The highest BCUT2D eigenvalue weighted by Gasteiger charge is 2.21. The van der Waals surface area contributed by atoms with Crippen molar-refractivity contribution in [2.45, 2.75) is 38.6 Å². The van der Waals surface area contributed by atoms with E-state index in [0.29, 0.717) is 32.9 Å². The molecule has 5 rings (SSSR count). The molecular formula is C22H22ClN9O4. The molecule has 36 heavy (non-hydrogen) atoms. The Labute approximate surface area is 207 Å². The van der Waals surface area contributed by atoms with Crippen molar-refractivity contribution in [3.8, 4) is 5.88 Å². The van der Waals surface area contributed by atoms with Crippen molar-refractivity contribution in [2.24, 2.45) is 10.7 Å². The molecule has 4 heterocycles.